The third kappa shape index (κ3) is 5.98. The smallest absolute Gasteiger partial charge is 0.412 e. The lowest BCUT2D eigenvalue weighted by Crippen LogP contribution is -2.27. The highest BCUT2D eigenvalue weighted by atomic mass is 16.6. The highest BCUT2D eigenvalue weighted by Crippen LogP contribution is 2.24. The Labute approximate surface area is 186 Å². The molecule has 0 aliphatic heterocycles. The molecule has 2 aromatic carbocycles. The molecule has 0 unspecified atom stereocenters. The summed E-state index contributed by atoms with van der Waals surface area (Å²) in [4.78, 5) is 32.3. The van der Waals surface area contributed by atoms with Crippen molar-refractivity contribution in [1.82, 2.24) is 9.97 Å². The molecule has 8 heteroatoms. The maximum absolute atomic E-state index is 12.0. The van der Waals surface area contributed by atoms with Crippen LogP contribution in [0.15, 0.2) is 54.7 Å². The molecule has 3 N–H and O–H groups in total. The molecule has 0 aliphatic carbocycles. The van der Waals surface area contributed by atoms with E-state index in [-0.39, 0.29) is 5.78 Å². The van der Waals surface area contributed by atoms with Gasteiger partial charge in [-0.15, -0.1) is 0 Å². The zero-order valence-electron chi connectivity index (χ0n) is 18.4. The number of rotatable bonds is 6. The van der Waals surface area contributed by atoms with Gasteiger partial charge in [-0.2, -0.15) is 0 Å². The first kappa shape index (κ1) is 22.6. The topological polar surface area (TPSA) is 117 Å². The molecule has 3 rings (SSSR count). The fourth-order valence-electron chi connectivity index (χ4n) is 2.86. The molecule has 8 nitrogen and oxygen atoms in total. The minimum Gasteiger partial charge on any atom is -0.444 e. The van der Waals surface area contributed by atoms with Crippen LogP contribution in [0.25, 0.3) is 11.4 Å². The highest BCUT2D eigenvalue weighted by Gasteiger charge is 2.17. The molecule has 0 bridgehead atoms. The van der Waals surface area contributed by atoms with Crippen molar-refractivity contribution in [2.24, 2.45) is 0 Å². The number of carbonyl (C=O) groups is 2. The zero-order valence-corrected chi connectivity index (χ0v) is 18.4. The van der Waals surface area contributed by atoms with Crippen molar-refractivity contribution in [2.45, 2.75) is 33.3 Å². The summed E-state index contributed by atoms with van der Waals surface area (Å²) in [5, 5.41) is 13.5. The van der Waals surface area contributed by atoms with Gasteiger partial charge in [0.15, 0.2) is 11.6 Å². The fraction of sp³-hybridized carbons (Fsp3) is 0.208. The zero-order chi connectivity index (χ0) is 23.3. The number of anilines is 3. The maximum atomic E-state index is 12.0. The lowest BCUT2D eigenvalue weighted by molar-refractivity contribution is 0.0635. The van der Waals surface area contributed by atoms with Gasteiger partial charge in [0, 0.05) is 34.8 Å². The van der Waals surface area contributed by atoms with Crippen molar-refractivity contribution in [1.29, 1.82) is 5.41 Å². The molecule has 0 radical (unpaired) electrons. The number of nitrogens with one attached hydrogen (secondary N) is 3. The van der Waals surface area contributed by atoms with E-state index in [4.69, 9.17) is 10.1 Å². The summed E-state index contributed by atoms with van der Waals surface area (Å²) in [6.07, 6.45) is 2.21. The molecular weight excluding hydrogens is 406 g/mol. The number of Topliss-reactive ketones (excluding diaryl/α,β-unsaturated/α-hetero) is 1. The Balaban J connectivity index is 1.77. The highest BCUT2D eigenvalue weighted by molar-refractivity contribution is 5.95. The van der Waals surface area contributed by atoms with Gasteiger partial charge in [0.25, 0.3) is 0 Å². The van der Waals surface area contributed by atoms with Gasteiger partial charge >= 0.3 is 6.09 Å². The summed E-state index contributed by atoms with van der Waals surface area (Å²) in [5.74, 6) is 1.08. The van der Waals surface area contributed by atoms with Crippen molar-refractivity contribution in [3.63, 3.8) is 0 Å². The molecule has 1 aromatic heterocycles. The van der Waals surface area contributed by atoms with E-state index in [2.05, 4.69) is 20.6 Å². The Morgan fingerprint density at radius 2 is 1.78 bits per heavy atom. The molecule has 0 fully saturated rings. The molecule has 0 atom stereocenters. The van der Waals surface area contributed by atoms with Gasteiger partial charge in [0.2, 0.25) is 0 Å². The SMILES string of the molecule is CC(=O)c1ccc(-c2nccc(Nc3ccc(NC(=O)OC(C)(C)C)c(C=N)c3)n2)cc1. The molecular formula is C24H25N5O3. The van der Waals surface area contributed by atoms with Crippen molar-refractivity contribution in [3.05, 3.63) is 65.9 Å². The Kier molecular flexibility index (Phi) is 6.63. The number of nitrogens with zero attached hydrogens (tertiary/aromatic N) is 2. The van der Waals surface area contributed by atoms with Crippen LogP contribution in [-0.2, 0) is 4.74 Å². The van der Waals surface area contributed by atoms with Crippen LogP contribution in [0, 0.1) is 5.41 Å². The molecule has 0 saturated carbocycles. The van der Waals surface area contributed by atoms with Crippen molar-refractivity contribution in [3.8, 4) is 11.4 Å². The number of carbonyl (C=O) groups excluding carboxylic acids is 2. The van der Waals surface area contributed by atoms with E-state index in [1.165, 1.54) is 6.92 Å². The standard InChI is InChI=1S/C24H25N5O3/c1-15(30)16-5-7-17(8-6-16)22-26-12-11-21(29-22)27-19-9-10-20(18(13-19)14-25)28-23(31)32-24(2,3)4/h5-14,25H,1-4H3,(H,28,31)(H,26,27,29). The van der Waals surface area contributed by atoms with Crippen LogP contribution in [0.2, 0.25) is 0 Å². The van der Waals surface area contributed by atoms with E-state index in [1.54, 1.807) is 75.5 Å². The normalized spacial score (nSPS) is 10.9. The van der Waals surface area contributed by atoms with E-state index in [9.17, 15) is 9.59 Å². The number of aromatic nitrogens is 2. The average molecular weight is 431 g/mol. The Hall–Kier alpha value is -4.07. The van der Waals surface area contributed by atoms with Gasteiger partial charge in [-0.25, -0.2) is 14.8 Å². The fourth-order valence-corrected chi connectivity index (χ4v) is 2.86. The lowest BCUT2D eigenvalue weighted by atomic mass is 10.1. The average Bonchev–Trinajstić information content (AvgIpc) is 2.73. The first-order valence-corrected chi connectivity index (χ1v) is 10.0. The number of ketones is 1. The molecule has 32 heavy (non-hydrogen) atoms. The van der Waals surface area contributed by atoms with Gasteiger partial charge in [-0.3, -0.25) is 10.1 Å². The Morgan fingerprint density at radius 3 is 2.41 bits per heavy atom. The predicted octanol–water partition coefficient (Wildman–Crippen LogP) is 5.43. The van der Waals surface area contributed by atoms with E-state index in [0.29, 0.717) is 34.1 Å². The van der Waals surface area contributed by atoms with Crippen LogP contribution in [0.4, 0.5) is 22.0 Å². The largest absolute Gasteiger partial charge is 0.444 e. The summed E-state index contributed by atoms with van der Waals surface area (Å²) in [6, 6.07) is 14.0. The summed E-state index contributed by atoms with van der Waals surface area (Å²) in [6.45, 7) is 6.87. The molecule has 3 aromatic rings. The monoisotopic (exact) mass is 431 g/mol. The van der Waals surface area contributed by atoms with Crippen LogP contribution < -0.4 is 10.6 Å². The lowest BCUT2D eigenvalue weighted by Gasteiger charge is -2.20. The maximum Gasteiger partial charge on any atom is 0.412 e. The number of hydrogen-bond acceptors (Lipinski definition) is 7. The third-order valence-electron chi connectivity index (χ3n) is 4.32. The van der Waals surface area contributed by atoms with E-state index < -0.39 is 11.7 Å². The van der Waals surface area contributed by atoms with Gasteiger partial charge in [-0.05, 0) is 52.0 Å². The number of amides is 1. The van der Waals surface area contributed by atoms with Crippen LogP contribution in [0.1, 0.15) is 43.6 Å². The Bertz CT molecular complexity index is 1150. The van der Waals surface area contributed by atoms with Crippen LogP contribution in [0.3, 0.4) is 0 Å². The summed E-state index contributed by atoms with van der Waals surface area (Å²) < 4.78 is 5.27. The second kappa shape index (κ2) is 9.38. The molecule has 0 saturated heterocycles. The first-order valence-electron chi connectivity index (χ1n) is 10.0. The summed E-state index contributed by atoms with van der Waals surface area (Å²) in [7, 11) is 0. The third-order valence-corrected chi connectivity index (χ3v) is 4.32. The first-order chi connectivity index (χ1) is 15.1. The van der Waals surface area contributed by atoms with Crippen LogP contribution in [-0.4, -0.2) is 33.7 Å². The predicted molar refractivity (Wildman–Crippen MR) is 125 cm³/mol. The van der Waals surface area contributed by atoms with Crippen molar-refractivity contribution < 1.29 is 14.3 Å². The summed E-state index contributed by atoms with van der Waals surface area (Å²) in [5.41, 5.74) is 2.46. The van der Waals surface area contributed by atoms with Gasteiger partial charge in [-0.1, -0.05) is 24.3 Å². The van der Waals surface area contributed by atoms with Crippen LogP contribution >= 0.6 is 0 Å². The van der Waals surface area contributed by atoms with E-state index in [1.807, 2.05) is 0 Å². The van der Waals surface area contributed by atoms with Crippen LogP contribution in [0.5, 0.6) is 0 Å². The minimum absolute atomic E-state index is 0.000469. The molecule has 164 valence electrons. The second-order valence-corrected chi connectivity index (χ2v) is 8.10. The molecule has 0 aliphatic rings. The molecule has 1 heterocycles. The van der Waals surface area contributed by atoms with E-state index >= 15 is 0 Å². The number of hydrogen-bond donors (Lipinski definition) is 3. The van der Waals surface area contributed by atoms with Gasteiger partial charge < -0.3 is 15.5 Å². The molecule has 1 amide bonds. The van der Waals surface area contributed by atoms with Crippen molar-refractivity contribution >= 4 is 35.3 Å². The number of benzene rings is 2. The second-order valence-electron chi connectivity index (χ2n) is 8.10. The van der Waals surface area contributed by atoms with Gasteiger partial charge in [0.1, 0.15) is 11.4 Å². The number of ether oxygens (including phenoxy) is 1. The summed E-state index contributed by atoms with van der Waals surface area (Å²) >= 11 is 0. The minimum atomic E-state index is -0.618. The van der Waals surface area contributed by atoms with Crippen molar-refractivity contribution in [2.75, 3.05) is 10.6 Å². The Morgan fingerprint density at radius 1 is 1.06 bits per heavy atom. The van der Waals surface area contributed by atoms with E-state index in [0.717, 1.165) is 11.8 Å². The quantitative estimate of drug-likeness (QED) is 0.354. The van der Waals surface area contributed by atoms with Gasteiger partial charge in [0.05, 0.1) is 5.69 Å². The molecule has 0 spiro atoms.